The van der Waals surface area contributed by atoms with E-state index in [4.69, 9.17) is 5.11 Å². The minimum Gasteiger partial charge on any atom is -0.481 e. The zero-order chi connectivity index (χ0) is 14.5. The number of nitrogens with zero attached hydrogens (tertiary/aromatic N) is 1. The lowest BCUT2D eigenvalue weighted by atomic mass is 9.94. The first kappa shape index (κ1) is 14.9. The Morgan fingerprint density at radius 1 is 1.30 bits per heavy atom. The van der Waals surface area contributed by atoms with Crippen LogP contribution in [-0.2, 0) is 4.79 Å². The van der Waals surface area contributed by atoms with E-state index < -0.39 is 5.97 Å². The second-order valence-electron chi connectivity index (χ2n) is 5.93. The van der Waals surface area contributed by atoms with Gasteiger partial charge in [0.2, 0.25) is 0 Å². The standard InChI is InChI=1S/C17H25NO2/c1-13(6-9-17(19)20)15-7-8-16(14(2)12-15)18-10-4-3-5-11-18/h7-8,12-13H,3-6,9-11H2,1-2H3,(H,19,20). The van der Waals surface area contributed by atoms with E-state index in [0.29, 0.717) is 12.3 Å². The van der Waals surface area contributed by atoms with E-state index >= 15 is 0 Å². The summed E-state index contributed by atoms with van der Waals surface area (Å²) in [6, 6.07) is 6.62. The van der Waals surface area contributed by atoms with Crippen LogP contribution in [0.15, 0.2) is 18.2 Å². The first-order valence-electron chi connectivity index (χ1n) is 7.65. The summed E-state index contributed by atoms with van der Waals surface area (Å²) >= 11 is 0. The molecule has 1 aliphatic heterocycles. The largest absolute Gasteiger partial charge is 0.481 e. The van der Waals surface area contributed by atoms with Crippen molar-refractivity contribution in [3.05, 3.63) is 29.3 Å². The van der Waals surface area contributed by atoms with Crippen LogP contribution in [-0.4, -0.2) is 24.2 Å². The van der Waals surface area contributed by atoms with E-state index in [1.54, 1.807) is 0 Å². The molecule has 1 fully saturated rings. The van der Waals surface area contributed by atoms with Crippen LogP contribution >= 0.6 is 0 Å². The predicted octanol–water partition coefficient (Wildman–Crippen LogP) is 3.95. The molecule has 1 unspecified atom stereocenters. The van der Waals surface area contributed by atoms with Gasteiger partial charge < -0.3 is 10.0 Å². The molecule has 0 amide bonds. The number of anilines is 1. The van der Waals surface area contributed by atoms with Gasteiger partial charge in [0.05, 0.1) is 0 Å². The number of benzene rings is 1. The molecule has 0 spiro atoms. The highest BCUT2D eigenvalue weighted by Gasteiger charge is 2.14. The van der Waals surface area contributed by atoms with Gasteiger partial charge in [-0.25, -0.2) is 0 Å². The fraction of sp³-hybridized carbons (Fsp3) is 0.588. The van der Waals surface area contributed by atoms with Crippen molar-refractivity contribution < 1.29 is 9.90 Å². The molecule has 1 heterocycles. The second kappa shape index (κ2) is 6.78. The number of hydrogen-bond donors (Lipinski definition) is 1. The Bertz CT molecular complexity index is 464. The molecule has 0 aromatic heterocycles. The van der Waals surface area contributed by atoms with Gasteiger partial charge in [-0.05, 0) is 55.7 Å². The molecule has 3 nitrogen and oxygen atoms in total. The summed E-state index contributed by atoms with van der Waals surface area (Å²) in [4.78, 5) is 13.1. The van der Waals surface area contributed by atoms with E-state index in [0.717, 1.165) is 13.1 Å². The number of aryl methyl sites for hydroxylation is 1. The molecule has 1 aromatic rings. The molecule has 2 rings (SSSR count). The fourth-order valence-corrected chi connectivity index (χ4v) is 2.98. The molecule has 1 saturated heterocycles. The molecule has 20 heavy (non-hydrogen) atoms. The van der Waals surface area contributed by atoms with Crippen molar-refractivity contribution in [1.82, 2.24) is 0 Å². The van der Waals surface area contributed by atoms with Crippen LogP contribution < -0.4 is 4.90 Å². The van der Waals surface area contributed by atoms with Gasteiger partial charge in [0, 0.05) is 25.2 Å². The lowest BCUT2D eigenvalue weighted by Gasteiger charge is -2.30. The van der Waals surface area contributed by atoms with Crippen molar-refractivity contribution in [3.63, 3.8) is 0 Å². The van der Waals surface area contributed by atoms with Gasteiger partial charge >= 0.3 is 5.97 Å². The van der Waals surface area contributed by atoms with Gasteiger partial charge in [0.15, 0.2) is 0 Å². The Kier molecular flexibility index (Phi) is 5.05. The van der Waals surface area contributed by atoms with Crippen LogP contribution in [0.25, 0.3) is 0 Å². The van der Waals surface area contributed by atoms with Gasteiger partial charge in [0.1, 0.15) is 0 Å². The molecule has 110 valence electrons. The highest BCUT2D eigenvalue weighted by molar-refractivity contribution is 5.66. The van der Waals surface area contributed by atoms with Crippen LogP contribution in [0.2, 0.25) is 0 Å². The molecule has 0 radical (unpaired) electrons. The Hall–Kier alpha value is -1.51. The molecular formula is C17H25NO2. The van der Waals surface area contributed by atoms with Crippen LogP contribution in [0.3, 0.4) is 0 Å². The van der Waals surface area contributed by atoms with E-state index in [1.165, 1.54) is 36.1 Å². The maximum absolute atomic E-state index is 10.7. The average molecular weight is 275 g/mol. The Labute approximate surface area is 121 Å². The molecule has 1 aliphatic rings. The molecule has 0 bridgehead atoms. The van der Waals surface area contributed by atoms with Gasteiger partial charge in [-0.1, -0.05) is 19.1 Å². The van der Waals surface area contributed by atoms with Crippen molar-refractivity contribution in [2.45, 2.75) is 51.9 Å². The lowest BCUT2D eigenvalue weighted by Crippen LogP contribution is -2.29. The third-order valence-electron chi connectivity index (χ3n) is 4.28. The quantitative estimate of drug-likeness (QED) is 0.884. The molecule has 0 aliphatic carbocycles. The van der Waals surface area contributed by atoms with E-state index in [9.17, 15) is 4.79 Å². The van der Waals surface area contributed by atoms with Crippen molar-refractivity contribution in [2.24, 2.45) is 0 Å². The van der Waals surface area contributed by atoms with Crippen molar-refractivity contribution in [2.75, 3.05) is 18.0 Å². The van der Waals surface area contributed by atoms with Gasteiger partial charge in [0.25, 0.3) is 0 Å². The molecule has 3 heteroatoms. The van der Waals surface area contributed by atoms with Gasteiger partial charge in [-0.15, -0.1) is 0 Å². The molecular weight excluding hydrogens is 250 g/mol. The zero-order valence-electron chi connectivity index (χ0n) is 12.6. The third-order valence-corrected chi connectivity index (χ3v) is 4.28. The minimum absolute atomic E-state index is 0.244. The lowest BCUT2D eigenvalue weighted by molar-refractivity contribution is -0.137. The number of hydrogen-bond acceptors (Lipinski definition) is 2. The maximum Gasteiger partial charge on any atom is 0.303 e. The summed E-state index contributed by atoms with van der Waals surface area (Å²) in [5.41, 5.74) is 3.91. The van der Waals surface area contributed by atoms with Gasteiger partial charge in [-0.2, -0.15) is 0 Å². The third kappa shape index (κ3) is 3.75. The molecule has 0 saturated carbocycles. The molecule has 1 aromatic carbocycles. The summed E-state index contributed by atoms with van der Waals surface area (Å²) in [6.07, 6.45) is 4.87. The van der Waals surface area contributed by atoms with Crippen LogP contribution in [0.4, 0.5) is 5.69 Å². The highest BCUT2D eigenvalue weighted by Crippen LogP contribution is 2.28. The Balaban J connectivity index is 2.06. The first-order valence-corrected chi connectivity index (χ1v) is 7.65. The first-order chi connectivity index (χ1) is 9.58. The van der Waals surface area contributed by atoms with E-state index in [2.05, 4.69) is 36.9 Å². The number of aliphatic carboxylic acids is 1. The Morgan fingerprint density at radius 3 is 2.60 bits per heavy atom. The normalized spacial score (nSPS) is 17.0. The summed E-state index contributed by atoms with van der Waals surface area (Å²) < 4.78 is 0. The zero-order valence-corrected chi connectivity index (χ0v) is 12.6. The summed E-state index contributed by atoms with van der Waals surface area (Å²) in [5, 5.41) is 8.77. The molecule has 1 atom stereocenters. The summed E-state index contributed by atoms with van der Waals surface area (Å²) in [7, 11) is 0. The number of piperidine rings is 1. The number of rotatable bonds is 5. The monoisotopic (exact) mass is 275 g/mol. The van der Waals surface area contributed by atoms with Crippen LogP contribution in [0, 0.1) is 6.92 Å². The SMILES string of the molecule is Cc1cc(C(C)CCC(=O)O)ccc1N1CCCCC1. The topological polar surface area (TPSA) is 40.5 Å². The smallest absolute Gasteiger partial charge is 0.303 e. The maximum atomic E-state index is 10.7. The minimum atomic E-state index is -0.710. The predicted molar refractivity (Wildman–Crippen MR) is 82.5 cm³/mol. The Morgan fingerprint density at radius 2 is 2.00 bits per heavy atom. The van der Waals surface area contributed by atoms with Crippen LogP contribution in [0.5, 0.6) is 0 Å². The van der Waals surface area contributed by atoms with E-state index in [1.807, 2.05) is 0 Å². The number of carboxylic acids is 1. The van der Waals surface area contributed by atoms with E-state index in [-0.39, 0.29) is 6.42 Å². The highest BCUT2D eigenvalue weighted by atomic mass is 16.4. The van der Waals surface area contributed by atoms with Crippen molar-refractivity contribution >= 4 is 11.7 Å². The van der Waals surface area contributed by atoms with Crippen LogP contribution in [0.1, 0.15) is 56.1 Å². The van der Waals surface area contributed by atoms with Gasteiger partial charge in [-0.3, -0.25) is 4.79 Å². The average Bonchev–Trinajstić information content (AvgIpc) is 2.45. The van der Waals surface area contributed by atoms with Crippen molar-refractivity contribution in [1.29, 1.82) is 0 Å². The second-order valence-corrected chi connectivity index (χ2v) is 5.93. The number of carboxylic acid groups (broad SMARTS) is 1. The number of carbonyl (C=O) groups is 1. The summed E-state index contributed by atoms with van der Waals surface area (Å²) in [6.45, 7) is 6.60. The summed E-state index contributed by atoms with van der Waals surface area (Å²) in [5.74, 6) is -0.404. The van der Waals surface area contributed by atoms with Crippen molar-refractivity contribution in [3.8, 4) is 0 Å². The fourth-order valence-electron chi connectivity index (χ4n) is 2.98. The molecule has 1 N–H and O–H groups in total.